The normalized spacial score (nSPS) is 15.1. The molecule has 236 valence electrons. The second kappa shape index (κ2) is 29.3. The molecule has 0 heterocycles. The monoisotopic (exact) mass is 567 g/mol. The molecule has 0 radical (unpaired) electrons. The first-order valence-corrected chi connectivity index (χ1v) is 16.7. The molecule has 0 spiro atoms. The second-order valence-electron chi connectivity index (χ2n) is 11.5. The van der Waals surface area contributed by atoms with Crippen LogP contribution < -0.4 is 5.32 Å². The lowest BCUT2D eigenvalue weighted by atomic mass is 10.00. The highest BCUT2D eigenvalue weighted by atomic mass is 16.3. The van der Waals surface area contributed by atoms with Gasteiger partial charge in [-0.05, 0) is 64.2 Å². The smallest absolute Gasteiger partial charge is 0.249 e. The average molecular weight is 568 g/mol. The van der Waals surface area contributed by atoms with Crippen molar-refractivity contribution in [2.75, 3.05) is 6.61 Å². The number of hydrogen-bond donors (Lipinski definition) is 5. The highest BCUT2D eigenvalue weighted by Crippen LogP contribution is 2.13. The van der Waals surface area contributed by atoms with Crippen molar-refractivity contribution in [3.05, 3.63) is 24.3 Å². The molecule has 40 heavy (non-hydrogen) atoms. The summed E-state index contributed by atoms with van der Waals surface area (Å²) in [6.07, 6.45) is 29.1. The van der Waals surface area contributed by atoms with Gasteiger partial charge in [0.1, 0.15) is 12.2 Å². The van der Waals surface area contributed by atoms with Gasteiger partial charge in [-0.15, -0.1) is 0 Å². The molecule has 0 saturated carbocycles. The maximum Gasteiger partial charge on any atom is 0.249 e. The number of nitrogens with one attached hydrogen (secondary N) is 1. The highest BCUT2D eigenvalue weighted by molar-refractivity contribution is 5.80. The van der Waals surface area contributed by atoms with Crippen LogP contribution in [0.2, 0.25) is 0 Å². The van der Waals surface area contributed by atoms with Crippen LogP contribution in [0.5, 0.6) is 0 Å². The molecule has 0 aliphatic heterocycles. The standard InChI is InChI=1S/C34H65NO5/c1-3-5-7-9-11-13-15-16-18-19-21-23-25-27-31(37)33(39)30(29-36)35-34(40)32(38)28-26-24-22-20-17-14-12-10-8-6-4-2/h12,14,19,21,30-33,36-39H,3-11,13,15-18,20,22-29H2,1-2H3,(H,35,40)/b14-12-,21-19+. The van der Waals surface area contributed by atoms with Crippen LogP contribution in [-0.4, -0.2) is 57.3 Å². The predicted octanol–water partition coefficient (Wildman–Crippen LogP) is 7.28. The molecule has 0 fully saturated rings. The van der Waals surface area contributed by atoms with E-state index >= 15 is 0 Å². The molecular weight excluding hydrogens is 502 g/mol. The Hall–Kier alpha value is -1.21. The Morgan fingerprint density at radius 1 is 0.600 bits per heavy atom. The molecule has 0 aliphatic rings. The Bertz CT molecular complexity index is 609. The third-order valence-electron chi connectivity index (χ3n) is 7.63. The summed E-state index contributed by atoms with van der Waals surface area (Å²) < 4.78 is 0. The van der Waals surface area contributed by atoms with Crippen LogP contribution >= 0.6 is 0 Å². The van der Waals surface area contributed by atoms with Crippen molar-refractivity contribution in [2.45, 2.75) is 179 Å². The van der Waals surface area contributed by atoms with E-state index < -0.39 is 36.9 Å². The van der Waals surface area contributed by atoms with E-state index in [-0.39, 0.29) is 0 Å². The number of rotatable bonds is 29. The molecule has 0 aromatic carbocycles. The van der Waals surface area contributed by atoms with E-state index in [0.717, 1.165) is 57.8 Å². The maximum atomic E-state index is 12.4. The molecule has 0 aromatic rings. The number of carbonyl (C=O) groups is 1. The van der Waals surface area contributed by atoms with Crippen LogP contribution in [0.25, 0.3) is 0 Å². The van der Waals surface area contributed by atoms with Gasteiger partial charge in [0, 0.05) is 0 Å². The van der Waals surface area contributed by atoms with Crippen LogP contribution in [0, 0.1) is 0 Å². The first kappa shape index (κ1) is 38.8. The minimum absolute atomic E-state index is 0.348. The summed E-state index contributed by atoms with van der Waals surface area (Å²) in [7, 11) is 0. The van der Waals surface area contributed by atoms with Gasteiger partial charge in [-0.25, -0.2) is 0 Å². The van der Waals surface area contributed by atoms with Crippen LogP contribution in [0.15, 0.2) is 24.3 Å². The molecule has 0 rings (SSSR count). The Morgan fingerprint density at radius 2 is 1.02 bits per heavy atom. The molecule has 0 saturated heterocycles. The lowest BCUT2D eigenvalue weighted by molar-refractivity contribution is -0.132. The molecule has 6 nitrogen and oxygen atoms in total. The van der Waals surface area contributed by atoms with Gasteiger partial charge >= 0.3 is 0 Å². The fourth-order valence-electron chi connectivity index (χ4n) is 4.87. The Labute approximate surface area is 246 Å². The van der Waals surface area contributed by atoms with E-state index in [1.807, 2.05) is 0 Å². The summed E-state index contributed by atoms with van der Waals surface area (Å²) in [6.45, 7) is 3.96. The molecular formula is C34H65NO5. The van der Waals surface area contributed by atoms with Crippen molar-refractivity contribution in [1.82, 2.24) is 5.32 Å². The minimum Gasteiger partial charge on any atom is -0.394 e. The third-order valence-corrected chi connectivity index (χ3v) is 7.63. The van der Waals surface area contributed by atoms with Gasteiger partial charge in [-0.3, -0.25) is 4.79 Å². The van der Waals surface area contributed by atoms with Gasteiger partial charge in [-0.1, -0.05) is 115 Å². The van der Waals surface area contributed by atoms with Crippen LogP contribution in [0.4, 0.5) is 0 Å². The molecule has 6 heteroatoms. The predicted molar refractivity (Wildman–Crippen MR) is 168 cm³/mol. The highest BCUT2D eigenvalue weighted by Gasteiger charge is 2.28. The Balaban J connectivity index is 3.95. The summed E-state index contributed by atoms with van der Waals surface area (Å²) in [5.41, 5.74) is 0. The zero-order chi connectivity index (χ0) is 29.7. The van der Waals surface area contributed by atoms with Crippen molar-refractivity contribution in [3.8, 4) is 0 Å². The quantitative estimate of drug-likeness (QED) is 0.0482. The van der Waals surface area contributed by atoms with E-state index in [0.29, 0.717) is 12.8 Å². The summed E-state index contributed by atoms with van der Waals surface area (Å²) in [4.78, 5) is 12.4. The molecule has 5 N–H and O–H groups in total. The first-order chi connectivity index (χ1) is 19.5. The van der Waals surface area contributed by atoms with Crippen LogP contribution in [0.3, 0.4) is 0 Å². The fourth-order valence-corrected chi connectivity index (χ4v) is 4.87. The largest absolute Gasteiger partial charge is 0.394 e. The third kappa shape index (κ3) is 23.5. The molecule has 0 aliphatic carbocycles. The summed E-state index contributed by atoms with van der Waals surface area (Å²) in [5.74, 6) is -0.607. The zero-order valence-corrected chi connectivity index (χ0v) is 26.1. The van der Waals surface area contributed by atoms with E-state index in [9.17, 15) is 25.2 Å². The Morgan fingerprint density at radius 3 is 1.55 bits per heavy atom. The number of unbranched alkanes of at least 4 members (excludes halogenated alkanes) is 16. The van der Waals surface area contributed by atoms with Crippen molar-refractivity contribution in [2.24, 2.45) is 0 Å². The Kier molecular flexibility index (Phi) is 28.4. The molecule has 0 bridgehead atoms. The summed E-state index contributed by atoms with van der Waals surface area (Å²) >= 11 is 0. The van der Waals surface area contributed by atoms with E-state index in [2.05, 4.69) is 43.5 Å². The number of allylic oxidation sites excluding steroid dienone is 4. The average Bonchev–Trinajstić information content (AvgIpc) is 2.96. The lowest BCUT2D eigenvalue weighted by Gasteiger charge is -2.27. The first-order valence-electron chi connectivity index (χ1n) is 16.7. The topological polar surface area (TPSA) is 110 Å². The number of amides is 1. The van der Waals surface area contributed by atoms with Gasteiger partial charge in [0.2, 0.25) is 5.91 Å². The summed E-state index contributed by atoms with van der Waals surface area (Å²) in [5, 5.41) is 43.2. The SMILES string of the molecule is CCCCC/C=C\CCCCCCC(O)C(=O)NC(CO)C(O)C(O)CCC/C=C/CCCCCCCCCC. The molecule has 4 unspecified atom stereocenters. The van der Waals surface area contributed by atoms with E-state index in [1.165, 1.54) is 70.6 Å². The van der Waals surface area contributed by atoms with Gasteiger partial charge < -0.3 is 25.7 Å². The molecule has 0 aromatic heterocycles. The van der Waals surface area contributed by atoms with Crippen LogP contribution in [-0.2, 0) is 4.79 Å². The molecule has 1 amide bonds. The fraction of sp³-hybridized carbons (Fsp3) is 0.853. The van der Waals surface area contributed by atoms with E-state index in [4.69, 9.17) is 0 Å². The van der Waals surface area contributed by atoms with Gasteiger partial charge in [0.25, 0.3) is 0 Å². The number of hydrogen-bond acceptors (Lipinski definition) is 5. The van der Waals surface area contributed by atoms with Crippen molar-refractivity contribution >= 4 is 5.91 Å². The van der Waals surface area contributed by atoms with Crippen molar-refractivity contribution in [3.63, 3.8) is 0 Å². The summed E-state index contributed by atoms with van der Waals surface area (Å²) in [6, 6.07) is -1.00. The van der Waals surface area contributed by atoms with E-state index in [1.54, 1.807) is 0 Å². The van der Waals surface area contributed by atoms with Gasteiger partial charge in [0.15, 0.2) is 0 Å². The number of carbonyl (C=O) groups excluding carboxylic acids is 1. The van der Waals surface area contributed by atoms with Gasteiger partial charge in [0.05, 0.1) is 18.8 Å². The van der Waals surface area contributed by atoms with Gasteiger partial charge in [-0.2, -0.15) is 0 Å². The van der Waals surface area contributed by atoms with Crippen molar-refractivity contribution < 1.29 is 25.2 Å². The zero-order valence-electron chi connectivity index (χ0n) is 26.1. The second-order valence-corrected chi connectivity index (χ2v) is 11.5. The number of aliphatic hydroxyl groups excluding tert-OH is 4. The molecule has 4 atom stereocenters. The van der Waals surface area contributed by atoms with Crippen molar-refractivity contribution in [1.29, 1.82) is 0 Å². The maximum absolute atomic E-state index is 12.4. The number of aliphatic hydroxyl groups is 4. The lowest BCUT2D eigenvalue weighted by Crippen LogP contribution is -2.53. The van der Waals surface area contributed by atoms with Crippen LogP contribution in [0.1, 0.15) is 155 Å². The minimum atomic E-state index is -1.28.